The highest BCUT2D eigenvalue weighted by atomic mass is 35.5. The van der Waals surface area contributed by atoms with Gasteiger partial charge in [-0.2, -0.15) is 0 Å². The van der Waals surface area contributed by atoms with Crippen LogP contribution < -0.4 is 4.90 Å². The van der Waals surface area contributed by atoms with Crippen molar-refractivity contribution in [2.75, 3.05) is 24.7 Å². The minimum atomic E-state index is 0.269. The minimum absolute atomic E-state index is 0.269. The van der Waals surface area contributed by atoms with E-state index < -0.39 is 0 Å². The number of halogens is 1. The lowest BCUT2D eigenvalue weighted by atomic mass is 10.1. The van der Waals surface area contributed by atoms with Crippen molar-refractivity contribution in [1.82, 2.24) is 15.0 Å². The minimum Gasteiger partial charge on any atom is -0.377 e. The number of morpholine rings is 1. The van der Waals surface area contributed by atoms with Crippen molar-refractivity contribution < 1.29 is 4.74 Å². The molecule has 0 unspecified atom stereocenters. The first kappa shape index (κ1) is 14.5. The van der Waals surface area contributed by atoms with Crippen molar-refractivity contribution in [3.05, 3.63) is 41.7 Å². The third-order valence-electron chi connectivity index (χ3n) is 4.18. The Hall–Kier alpha value is -2.11. The van der Waals surface area contributed by atoms with Crippen molar-refractivity contribution in [2.45, 2.75) is 13.0 Å². The van der Waals surface area contributed by atoms with Gasteiger partial charge in [0.1, 0.15) is 11.0 Å². The predicted octanol–water partition coefficient (Wildman–Crippen LogP) is 3.50. The fourth-order valence-corrected chi connectivity index (χ4v) is 3.20. The van der Waals surface area contributed by atoms with Crippen LogP contribution in [0.1, 0.15) is 6.92 Å². The number of anilines is 1. The van der Waals surface area contributed by atoms with E-state index in [2.05, 4.69) is 21.8 Å². The van der Waals surface area contributed by atoms with Gasteiger partial charge >= 0.3 is 0 Å². The molecule has 1 N–H and O–H groups in total. The van der Waals surface area contributed by atoms with Gasteiger partial charge in [0.25, 0.3) is 0 Å². The highest BCUT2D eigenvalue weighted by Crippen LogP contribution is 2.29. The van der Waals surface area contributed by atoms with Crippen LogP contribution in [0.4, 0.5) is 5.82 Å². The van der Waals surface area contributed by atoms with Gasteiger partial charge in [-0.25, -0.2) is 9.97 Å². The van der Waals surface area contributed by atoms with Gasteiger partial charge in [0.2, 0.25) is 0 Å². The van der Waals surface area contributed by atoms with Crippen LogP contribution in [-0.2, 0) is 4.74 Å². The van der Waals surface area contributed by atoms with Crippen LogP contribution in [0.25, 0.3) is 22.3 Å². The SMILES string of the molecule is C[C@@H]1COCCN1c1cc(Cl)nc(-c2cccc3[nH]ccc23)n1. The summed E-state index contributed by atoms with van der Waals surface area (Å²) in [7, 11) is 0. The molecule has 0 amide bonds. The molecular weight excluding hydrogens is 312 g/mol. The van der Waals surface area contributed by atoms with E-state index >= 15 is 0 Å². The van der Waals surface area contributed by atoms with Gasteiger partial charge in [0, 0.05) is 35.3 Å². The molecule has 23 heavy (non-hydrogen) atoms. The molecule has 4 rings (SSSR count). The van der Waals surface area contributed by atoms with E-state index in [0.29, 0.717) is 24.2 Å². The van der Waals surface area contributed by atoms with Gasteiger partial charge in [0.15, 0.2) is 5.82 Å². The molecule has 0 spiro atoms. The van der Waals surface area contributed by atoms with Gasteiger partial charge < -0.3 is 14.6 Å². The number of aromatic nitrogens is 3. The van der Waals surface area contributed by atoms with E-state index in [1.54, 1.807) is 0 Å². The van der Waals surface area contributed by atoms with E-state index in [-0.39, 0.29) is 6.04 Å². The number of fused-ring (bicyclic) bond motifs is 1. The highest BCUT2D eigenvalue weighted by molar-refractivity contribution is 6.29. The fraction of sp³-hybridized carbons (Fsp3) is 0.294. The summed E-state index contributed by atoms with van der Waals surface area (Å²) >= 11 is 6.28. The number of hydrogen-bond donors (Lipinski definition) is 1. The molecule has 1 fully saturated rings. The molecule has 0 aliphatic carbocycles. The van der Waals surface area contributed by atoms with Crippen LogP contribution >= 0.6 is 11.6 Å². The summed E-state index contributed by atoms with van der Waals surface area (Å²) in [6.07, 6.45) is 1.92. The van der Waals surface area contributed by atoms with Crippen molar-refractivity contribution in [1.29, 1.82) is 0 Å². The van der Waals surface area contributed by atoms with Gasteiger partial charge in [-0.3, -0.25) is 0 Å². The van der Waals surface area contributed by atoms with E-state index in [4.69, 9.17) is 21.3 Å². The third-order valence-corrected chi connectivity index (χ3v) is 4.37. The summed E-state index contributed by atoms with van der Waals surface area (Å²) in [5, 5.41) is 1.55. The number of H-pyrrole nitrogens is 1. The number of ether oxygens (including phenoxy) is 1. The summed E-state index contributed by atoms with van der Waals surface area (Å²) in [5.74, 6) is 1.50. The second kappa shape index (κ2) is 5.83. The van der Waals surface area contributed by atoms with Gasteiger partial charge in [-0.1, -0.05) is 23.7 Å². The Kier molecular flexibility index (Phi) is 3.67. The normalized spacial score (nSPS) is 18.5. The molecule has 1 aliphatic heterocycles. The molecule has 6 heteroatoms. The van der Waals surface area contributed by atoms with E-state index in [1.165, 1.54) is 0 Å². The second-order valence-corrected chi connectivity index (χ2v) is 6.12. The van der Waals surface area contributed by atoms with Gasteiger partial charge in [-0.05, 0) is 19.1 Å². The molecule has 5 nitrogen and oxygen atoms in total. The molecule has 3 aromatic rings. The molecular formula is C17H17ClN4O. The Labute approximate surface area is 139 Å². The van der Waals surface area contributed by atoms with E-state index in [9.17, 15) is 0 Å². The van der Waals surface area contributed by atoms with E-state index in [1.807, 2.05) is 36.5 Å². The quantitative estimate of drug-likeness (QED) is 0.731. The van der Waals surface area contributed by atoms with Crippen LogP contribution in [0.2, 0.25) is 5.15 Å². The average Bonchev–Trinajstić information content (AvgIpc) is 3.03. The summed E-state index contributed by atoms with van der Waals surface area (Å²) in [6, 6.07) is 10.2. The van der Waals surface area contributed by atoms with Crippen molar-refractivity contribution in [3.63, 3.8) is 0 Å². The zero-order valence-corrected chi connectivity index (χ0v) is 13.5. The number of nitrogens with one attached hydrogen (secondary N) is 1. The number of benzene rings is 1. The first-order valence-corrected chi connectivity index (χ1v) is 8.05. The topological polar surface area (TPSA) is 54.0 Å². The van der Waals surface area contributed by atoms with Crippen LogP contribution in [0.15, 0.2) is 36.5 Å². The maximum atomic E-state index is 6.28. The lowest BCUT2D eigenvalue weighted by molar-refractivity contribution is 0.0985. The maximum Gasteiger partial charge on any atom is 0.163 e. The Bertz CT molecular complexity index is 847. The van der Waals surface area contributed by atoms with Crippen LogP contribution in [0, 0.1) is 0 Å². The molecule has 0 saturated carbocycles. The lowest BCUT2D eigenvalue weighted by Crippen LogP contribution is -2.44. The second-order valence-electron chi connectivity index (χ2n) is 5.73. The fourth-order valence-electron chi connectivity index (χ4n) is 3.02. The standard InChI is InChI=1S/C17H17ClN4O/c1-11-10-23-8-7-22(11)16-9-15(18)20-17(21-16)13-3-2-4-14-12(13)5-6-19-14/h2-6,9,11,19H,7-8,10H2,1H3/t11-/m1/s1. The Morgan fingerprint density at radius 3 is 3.09 bits per heavy atom. The highest BCUT2D eigenvalue weighted by Gasteiger charge is 2.22. The molecule has 1 atom stereocenters. The molecule has 118 valence electrons. The third kappa shape index (κ3) is 2.66. The molecule has 1 saturated heterocycles. The van der Waals surface area contributed by atoms with E-state index in [0.717, 1.165) is 28.8 Å². The lowest BCUT2D eigenvalue weighted by Gasteiger charge is -2.34. The molecule has 3 heterocycles. The Morgan fingerprint density at radius 1 is 1.30 bits per heavy atom. The summed E-state index contributed by atoms with van der Waals surface area (Å²) in [4.78, 5) is 14.6. The zero-order chi connectivity index (χ0) is 15.8. The zero-order valence-electron chi connectivity index (χ0n) is 12.8. The monoisotopic (exact) mass is 328 g/mol. The van der Waals surface area contributed by atoms with Gasteiger partial charge in [0.05, 0.1) is 19.3 Å². The smallest absolute Gasteiger partial charge is 0.163 e. The molecule has 1 aliphatic rings. The molecule has 2 aromatic heterocycles. The van der Waals surface area contributed by atoms with Crippen molar-refractivity contribution >= 4 is 28.3 Å². The van der Waals surface area contributed by atoms with Crippen LogP contribution in [0.5, 0.6) is 0 Å². The predicted molar refractivity (Wildman–Crippen MR) is 92.0 cm³/mol. The molecule has 0 bridgehead atoms. The summed E-state index contributed by atoms with van der Waals surface area (Å²) in [6.45, 7) is 4.34. The first-order chi connectivity index (χ1) is 11.2. The first-order valence-electron chi connectivity index (χ1n) is 7.68. The average molecular weight is 329 g/mol. The Morgan fingerprint density at radius 2 is 2.22 bits per heavy atom. The number of hydrogen-bond acceptors (Lipinski definition) is 4. The largest absolute Gasteiger partial charge is 0.377 e. The number of aromatic amines is 1. The maximum absolute atomic E-state index is 6.28. The summed E-state index contributed by atoms with van der Waals surface area (Å²) in [5.41, 5.74) is 2.04. The summed E-state index contributed by atoms with van der Waals surface area (Å²) < 4.78 is 5.50. The van der Waals surface area contributed by atoms with Crippen LogP contribution in [0.3, 0.4) is 0 Å². The number of rotatable bonds is 2. The van der Waals surface area contributed by atoms with Crippen LogP contribution in [-0.4, -0.2) is 40.8 Å². The number of nitrogens with zero attached hydrogens (tertiary/aromatic N) is 3. The van der Waals surface area contributed by atoms with Crippen molar-refractivity contribution in [2.24, 2.45) is 0 Å². The Balaban J connectivity index is 1.82. The van der Waals surface area contributed by atoms with Gasteiger partial charge in [-0.15, -0.1) is 0 Å². The molecule has 1 aromatic carbocycles. The molecule has 0 radical (unpaired) electrons. The van der Waals surface area contributed by atoms with Crippen molar-refractivity contribution in [3.8, 4) is 11.4 Å².